The molecule has 1 saturated carbocycles. The Bertz CT molecular complexity index is 936. The number of aromatic carboxylic acids is 1. The lowest BCUT2D eigenvalue weighted by molar-refractivity contribution is -0.00198. The smallest absolute Gasteiger partial charge is 0.350 e. The van der Waals surface area contributed by atoms with E-state index in [1.54, 1.807) is 0 Å². The monoisotopic (exact) mass is 389 g/mol. The number of halogens is 4. The molecule has 1 fully saturated rings. The van der Waals surface area contributed by atoms with Crippen molar-refractivity contribution < 1.29 is 32.2 Å². The van der Waals surface area contributed by atoms with Crippen molar-refractivity contribution in [1.29, 1.82) is 0 Å². The van der Waals surface area contributed by atoms with Gasteiger partial charge in [-0.2, -0.15) is 4.68 Å². The largest absolute Gasteiger partial charge is 0.481 e. The predicted molar refractivity (Wildman–Crippen MR) is 84.1 cm³/mol. The first kappa shape index (κ1) is 18.9. The molecule has 0 saturated heterocycles. The first-order valence-electron chi connectivity index (χ1n) is 7.98. The van der Waals surface area contributed by atoms with Crippen molar-refractivity contribution in [2.24, 2.45) is 7.05 Å². The number of carbonyl (C=O) groups is 1. The molecule has 1 aliphatic rings. The Morgan fingerprint density at radius 2 is 2.07 bits per heavy atom. The first-order valence-corrected chi connectivity index (χ1v) is 7.98. The van der Waals surface area contributed by atoms with E-state index in [9.17, 15) is 27.2 Å². The SMILES string of the molecule is Cn1c(C2CC2)nn(-c2cc(O[C@@H](CF)C(F)F)c(C(=O)O)cc2F)c1=O. The number of carboxylic acid groups (broad SMARTS) is 1. The lowest BCUT2D eigenvalue weighted by Gasteiger charge is -2.17. The van der Waals surface area contributed by atoms with Gasteiger partial charge in [0.25, 0.3) is 6.43 Å². The molecule has 27 heavy (non-hydrogen) atoms. The van der Waals surface area contributed by atoms with Gasteiger partial charge in [0, 0.05) is 19.0 Å². The minimum atomic E-state index is -3.23. The molecule has 1 N–H and O–H groups in total. The highest BCUT2D eigenvalue weighted by Crippen LogP contribution is 2.38. The summed E-state index contributed by atoms with van der Waals surface area (Å²) in [4.78, 5) is 23.6. The van der Waals surface area contributed by atoms with E-state index in [1.807, 2.05) is 0 Å². The van der Waals surface area contributed by atoms with Gasteiger partial charge in [-0.25, -0.2) is 27.2 Å². The zero-order valence-electron chi connectivity index (χ0n) is 14.0. The number of ether oxygens (including phenoxy) is 1. The summed E-state index contributed by atoms with van der Waals surface area (Å²) in [5.41, 5.74) is -1.95. The third-order valence-electron chi connectivity index (χ3n) is 4.18. The molecule has 11 heteroatoms. The fraction of sp³-hybridized carbons (Fsp3) is 0.438. The second-order valence-electron chi connectivity index (χ2n) is 6.14. The summed E-state index contributed by atoms with van der Waals surface area (Å²) in [7, 11) is 1.45. The first-order chi connectivity index (χ1) is 12.7. The highest BCUT2D eigenvalue weighted by molar-refractivity contribution is 5.91. The van der Waals surface area contributed by atoms with E-state index in [-0.39, 0.29) is 5.92 Å². The molecule has 0 amide bonds. The second kappa shape index (κ2) is 7.05. The van der Waals surface area contributed by atoms with E-state index in [1.165, 1.54) is 11.6 Å². The van der Waals surface area contributed by atoms with Crippen LogP contribution in [-0.2, 0) is 7.05 Å². The standard InChI is InChI=1S/C16H15F4N3O4/c1-22-14(7-2-3-7)21-23(16(22)26)10-5-11(27-12(6-17)13(19)20)8(15(24)25)4-9(10)18/h4-5,7,12-13H,2-3,6H2,1H3,(H,24,25)/t12-/m0/s1. The van der Waals surface area contributed by atoms with Gasteiger partial charge in [0.05, 0.1) is 0 Å². The number of rotatable bonds is 7. The number of hydrogen-bond acceptors (Lipinski definition) is 4. The summed E-state index contributed by atoms with van der Waals surface area (Å²) in [5, 5.41) is 13.2. The van der Waals surface area contributed by atoms with E-state index in [0.29, 0.717) is 16.6 Å². The van der Waals surface area contributed by atoms with Crippen LogP contribution in [0.15, 0.2) is 16.9 Å². The topological polar surface area (TPSA) is 86.3 Å². The van der Waals surface area contributed by atoms with Gasteiger partial charge in [-0.1, -0.05) is 0 Å². The molecule has 1 heterocycles. The predicted octanol–water partition coefficient (Wildman–Crippen LogP) is 2.27. The van der Waals surface area contributed by atoms with Crippen LogP contribution >= 0.6 is 0 Å². The minimum Gasteiger partial charge on any atom is -0.481 e. The Balaban J connectivity index is 2.11. The van der Waals surface area contributed by atoms with Gasteiger partial charge in [-0.15, -0.1) is 5.10 Å². The number of benzene rings is 1. The van der Waals surface area contributed by atoms with Crippen molar-refractivity contribution in [2.45, 2.75) is 31.3 Å². The Morgan fingerprint density at radius 1 is 1.41 bits per heavy atom. The Hall–Kier alpha value is -2.85. The second-order valence-corrected chi connectivity index (χ2v) is 6.14. The number of carboxylic acids is 1. The Labute approximate surface area is 149 Å². The van der Waals surface area contributed by atoms with Crippen LogP contribution in [0.25, 0.3) is 5.69 Å². The molecule has 1 aliphatic carbocycles. The molecule has 146 valence electrons. The van der Waals surface area contributed by atoms with Gasteiger partial charge in [0.15, 0.2) is 6.10 Å². The maximum absolute atomic E-state index is 14.4. The normalized spacial score (nSPS) is 15.2. The molecule has 1 atom stereocenters. The molecule has 0 spiro atoms. The summed E-state index contributed by atoms with van der Waals surface area (Å²) in [5.74, 6) is -2.97. The van der Waals surface area contributed by atoms with E-state index in [4.69, 9.17) is 9.84 Å². The zero-order chi connectivity index (χ0) is 19.9. The van der Waals surface area contributed by atoms with E-state index in [0.717, 1.165) is 18.9 Å². The van der Waals surface area contributed by atoms with Crippen LogP contribution in [0.3, 0.4) is 0 Å². The molecular weight excluding hydrogens is 374 g/mol. The molecule has 7 nitrogen and oxygen atoms in total. The van der Waals surface area contributed by atoms with Crippen molar-refractivity contribution in [3.8, 4) is 11.4 Å². The zero-order valence-corrected chi connectivity index (χ0v) is 14.0. The highest BCUT2D eigenvalue weighted by atomic mass is 19.3. The van der Waals surface area contributed by atoms with Crippen molar-refractivity contribution in [1.82, 2.24) is 14.3 Å². The Kier molecular flexibility index (Phi) is 4.94. The van der Waals surface area contributed by atoms with Gasteiger partial charge < -0.3 is 9.84 Å². The van der Waals surface area contributed by atoms with Crippen molar-refractivity contribution in [2.75, 3.05) is 6.67 Å². The van der Waals surface area contributed by atoms with Crippen LogP contribution in [0.2, 0.25) is 0 Å². The third-order valence-corrected chi connectivity index (χ3v) is 4.18. The van der Waals surface area contributed by atoms with Crippen molar-refractivity contribution in [3.63, 3.8) is 0 Å². The summed E-state index contributed by atoms with van der Waals surface area (Å²) in [6, 6.07) is 1.28. The maximum atomic E-state index is 14.4. The molecule has 2 aromatic rings. The maximum Gasteiger partial charge on any atom is 0.350 e. The summed E-state index contributed by atoms with van der Waals surface area (Å²) >= 11 is 0. The molecule has 3 rings (SSSR count). The van der Waals surface area contributed by atoms with Gasteiger partial charge in [0.1, 0.15) is 35.3 Å². The van der Waals surface area contributed by atoms with Gasteiger partial charge in [-0.05, 0) is 18.9 Å². The molecule has 0 aliphatic heterocycles. The molecule has 1 aromatic carbocycles. The van der Waals surface area contributed by atoms with Gasteiger partial charge >= 0.3 is 11.7 Å². The van der Waals surface area contributed by atoms with Crippen LogP contribution in [0.1, 0.15) is 34.9 Å². The van der Waals surface area contributed by atoms with E-state index < -0.39 is 53.7 Å². The quantitative estimate of drug-likeness (QED) is 0.735. The fourth-order valence-corrected chi connectivity index (χ4v) is 2.59. The fourth-order valence-electron chi connectivity index (χ4n) is 2.59. The highest BCUT2D eigenvalue weighted by Gasteiger charge is 2.31. The van der Waals surface area contributed by atoms with Crippen molar-refractivity contribution >= 4 is 5.97 Å². The molecule has 0 unspecified atom stereocenters. The van der Waals surface area contributed by atoms with Crippen LogP contribution in [-0.4, -0.2) is 44.6 Å². The molecule has 0 bridgehead atoms. The van der Waals surface area contributed by atoms with Crippen LogP contribution in [0.4, 0.5) is 17.6 Å². The number of aromatic nitrogens is 3. The summed E-state index contributed by atoms with van der Waals surface area (Å²) < 4.78 is 59.4. The number of nitrogens with zero attached hydrogens (tertiary/aromatic N) is 3. The molecule has 0 radical (unpaired) electrons. The summed E-state index contributed by atoms with van der Waals surface area (Å²) in [6.07, 6.45) is -3.81. The van der Waals surface area contributed by atoms with E-state index in [2.05, 4.69) is 5.10 Å². The van der Waals surface area contributed by atoms with Crippen LogP contribution in [0.5, 0.6) is 5.75 Å². The Morgan fingerprint density at radius 3 is 2.59 bits per heavy atom. The van der Waals surface area contributed by atoms with Crippen molar-refractivity contribution in [3.05, 3.63) is 39.8 Å². The van der Waals surface area contributed by atoms with Crippen LogP contribution < -0.4 is 10.4 Å². The lowest BCUT2D eigenvalue weighted by Crippen LogP contribution is -2.29. The third kappa shape index (κ3) is 3.53. The van der Waals surface area contributed by atoms with Gasteiger partial charge in [-0.3, -0.25) is 4.57 Å². The number of alkyl halides is 3. The average molecular weight is 389 g/mol. The number of hydrogen-bond donors (Lipinski definition) is 1. The minimum absolute atomic E-state index is 0.0655. The van der Waals surface area contributed by atoms with E-state index >= 15 is 0 Å². The molecule has 1 aromatic heterocycles. The lowest BCUT2D eigenvalue weighted by atomic mass is 10.1. The average Bonchev–Trinajstić information content (AvgIpc) is 3.41. The van der Waals surface area contributed by atoms with Crippen LogP contribution in [0, 0.1) is 5.82 Å². The van der Waals surface area contributed by atoms with Gasteiger partial charge in [0.2, 0.25) is 0 Å². The summed E-state index contributed by atoms with van der Waals surface area (Å²) in [6.45, 7) is -1.58. The molecular formula is C16H15F4N3O4.